The van der Waals surface area contributed by atoms with Gasteiger partial charge in [-0.15, -0.1) is 0 Å². The highest BCUT2D eigenvalue weighted by Gasteiger charge is 2.23. The summed E-state index contributed by atoms with van der Waals surface area (Å²) in [6.07, 6.45) is 3.48. The molecule has 0 saturated heterocycles. The highest BCUT2D eigenvalue weighted by Crippen LogP contribution is 2.25. The molecule has 0 fully saturated rings. The zero-order valence-electron chi connectivity index (χ0n) is 14.5. The number of benzene rings is 1. The molecular weight excluding hydrogens is 359 g/mol. The van der Waals surface area contributed by atoms with Crippen molar-refractivity contribution < 1.29 is 13.9 Å². The molecule has 3 rings (SSSR count). The van der Waals surface area contributed by atoms with E-state index in [-0.39, 0.29) is 28.8 Å². The number of fused-ring (bicyclic) bond motifs is 1. The average molecular weight is 379 g/mol. The summed E-state index contributed by atoms with van der Waals surface area (Å²) in [4.78, 5) is 25.2. The number of ether oxygens (including phenoxy) is 1. The number of nitrogens with one attached hydrogen (secondary N) is 1. The molecule has 7 heteroatoms. The Hall–Kier alpha value is -2.34. The maximum absolute atomic E-state index is 13.2. The van der Waals surface area contributed by atoms with Gasteiger partial charge in [0.1, 0.15) is 17.1 Å². The lowest BCUT2D eigenvalue weighted by atomic mass is 10.1. The van der Waals surface area contributed by atoms with Gasteiger partial charge >= 0.3 is 0 Å². The topological polar surface area (TPSA) is 60.3 Å². The van der Waals surface area contributed by atoms with Crippen LogP contribution in [0.1, 0.15) is 40.9 Å². The van der Waals surface area contributed by atoms with E-state index in [1.807, 2.05) is 0 Å². The van der Waals surface area contributed by atoms with Crippen molar-refractivity contribution in [2.24, 2.45) is 0 Å². The Bertz CT molecular complexity index is 895. The highest BCUT2D eigenvalue weighted by atomic mass is 35.5. The van der Waals surface area contributed by atoms with Crippen molar-refractivity contribution in [3.05, 3.63) is 62.3 Å². The maximum Gasteiger partial charge on any atom is 0.257 e. The Morgan fingerprint density at radius 1 is 1.31 bits per heavy atom. The number of carbonyl (C=O) groups excluding carboxylic acids is 1. The van der Waals surface area contributed by atoms with Crippen molar-refractivity contribution in [2.75, 3.05) is 7.11 Å². The zero-order chi connectivity index (χ0) is 18.7. The van der Waals surface area contributed by atoms with E-state index in [2.05, 4.69) is 5.32 Å². The van der Waals surface area contributed by atoms with Gasteiger partial charge in [-0.3, -0.25) is 9.59 Å². The number of nitrogens with zero attached hydrogens (tertiary/aromatic N) is 1. The molecule has 2 aromatic rings. The lowest BCUT2D eigenvalue weighted by Crippen LogP contribution is -2.30. The third-order valence-corrected chi connectivity index (χ3v) is 4.93. The van der Waals surface area contributed by atoms with E-state index in [1.165, 1.54) is 31.4 Å². The molecule has 0 bridgehead atoms. The van der Waals surface area contributed by atoms with Crippen LogP contribution in [0.25, 0.3) is 0 Å². The van der Waals surface area contributed by atoms with Gasteiger partial charge in [-0.05, 0) is 37.0 Å². The molecule has 1 aliphatic heterocycles. The molecule has 0 saturated carbocycles. The summed E-state index contributed by atoms with van der Waals surface area (Å²) in [5.74, 6) is -0.502. The van der Waals surface area contributed by atoms with Crippen LogP contribution in [0, 0.1) is 5.82 Å². The summed E-state index contributed by atoms with van der Waals surface area (Å²) in [5.41, 5.74) is 1.54. The van der Waals surface area contributed by atoms with Crippen molar-refractivity contribution in [3.63, 3.8) is 0 Å². The summed E-state index contributed by atoms with van der Waals surface area (Å²) in [6, 6.07) is 5.39. The molecule has 26 heavy (non-hydrogen) atoms. The zero-order valence-corrected chi connectivity index (χ0v) is 15.2. The van der Waals surface area contributed by atoms with E-state index in [9.17, 15) is 14.0 Å². The van der Waals surface area contributed by atoms with Crippen LogP contribution in [0.15, 0.2) is 29.1 Å². The van der Waals surface area contributed by atoms with Crippen molar-refractivity contribution >= 4 is 17.5 Å². The van der Waals surface area contributed by atoms with Crippen LogP contribution in [-0.2, 0) is 19.5 Å². The normalized spacial score (nSPS) is 13.7. The first kappa shape index (κ1) is 18.5. The van der Waals surface area contributed by atoms with Gasteiger partial charge in [0.15, 0.2) is 0 Å². The number of hydrogen-bond acceptors (Lipinski definition) is 3. The first-order valence-electron chi connectivity index (χ1n) is 8.54. The Morgan fingerprint density at radius 2 is 2.12 bits per heavy atom. The summed E-state index contributed by atoms with van der Waals surface area (Å²) < 4.78 is 20.1. The maximum atomic E-state index is 13.2. The van der Waals surface area contributed by atoms with Crippen LogP contribution in [0.2, 0.25) is 5.02 Å². The molecule has 5 nitrogen and oxygen atoms in total. The molecule has 1 aliphatic rings. The number of amides is 1. The molecule has 1 aromatic carbocycles. The molecular formula is C19H20ClFN2O3. The molecule has 0 radical (unpaired) electrons. The monoisotopic (exact) mass is 378 g/mol. The second kappa shape index (κ2) is 7.91. The van der Waals surface area contributed by atoms with Crippen LogP contribution in [0.3, 0.4) is 0 Å². The highest BCUT2D eigenvalue weighted by molar-refractivity contribution is 6.31. The molecule has 0 aliphatic carbocycles. The summed E-state index contributed by atoms with van der Waals surface area (Å²) in [7, 11) is 1.44. The summed E-state index contributed by atoms with van der Waals surface area (Å²) >= 11 is 6.01. The van der Waals surface area contributed by atoms with Crippen molar-refractivity contribution in [1.29, 1.82) is 0 Å². The van der Waals surface area contributed by atoms with Gasteiger partial charge in [-0.2, -0.15) is 0 Å². The number of aromatic nitrogens is 1. The SMILES string of the molecule is COc1cc(=O)n2c(c1C(=O)NCc1ccc(F)cc1Cl)CCCCC2. The van der Waals surface area contributed by atoms with E-state index in [1.54, 1.807) is 4.57 Å². The quantitative estimate of drug-likeness (QED) is 0.888. The fraction of sp³-hybridized carbons (Fsp3) is 0.368. The summed E-state index contributed by atoms with van der Waals surface area (Å²) in [5, 5.41) is 3.05. The first-order chi connectivity index (χ1) is 12.5. The minimum Gasteiger partial charge on any atom is -0.496 e. The lowest BCUT2D eigenvalue weighted by Gasteiger charge is -2.17. The molecule has 138 valence electrons. The van der Waals surface area contributed by atoms with Gasteiger partial charge in [0.2, 0.25) is 0 Å². The Kier molecular flexibility index (Phi) is 5.61. The number of methoxy groups -OCH3 is 1. The van der Waals surface area contributed by atoms with E-state index in [0.717, 1.165) is 19.3 Å². The van der Waals surface area contributed by atoms with E-state index < -0.39 is 5.82 Å². The van der Waals surface area contributed by atoms with Gasteiger partial charge in [-0.25, -0.2) is 4.39 Å². The average Bonchev–Trinajstić information content (AvgIpc) is 2.87. The molecule has 1 N–H and O–H groups in total. The van der Waals surface area contributed by atoms with Crippen molar-refractivity contribution in [2.45, 2.75) is 38.8 Å². The minimum absolute atomic E-state index is 0.152. The first-order valence-corrected chi connectivity index (χ1v) is 8.92. The molecule has 0 unspecified atom stereocenters. The fourth-order valence-electron chi connectivity index (χ4n) is 3.25. The predicted octanol–water partition coefficient (Wildman–Crippen LogP) is 3.31. The van der Waals surface area contributed by atoms with Crippen LogP contribution < -0.4 is 15.6 Å². The van der Waals surface area contributed by atoms with Crippen LogP contribution in [0.4, 0.5) is 4.39 Å². The lowest BCUT2D eigenvalue weighted by molar-refractivity contribution is 0.0945. The minimum atomic E-state index is -0.431. The van der Waals surface area contributed by atoms with Crippen LogP contribution in [-0.4, -0.2) is 17.6 Å². The van der Waals surface area contributed by atoms with Crippen LogP contribution in [0.5, 0.6) is 5.75 Å². The molecule has 1 aromatic heterocycles. The van der Waals surface area contributed by atoms with Gasteiger partial charge in [-0.1, -0.05) is 24.1 Å². The Balaban J connectivity index is 1.92. The number of halogens is 2. The second-order valence-electron chi connectivity index (χ2n) is 6.25. The van der Waals surface area contributed by atoms with Gasteiger partial charge in [0.05, 0.1) is 7.11 Å². The third kappa shape index (κ3) is 3.75. The molecule has 1 amide bonds. The van der Waals surface area contributed by atoms with Gasteiger partial charge in [0, 0.05) is 29.9 Å². The van der Waals surface area contributed by atoms with E-state index >= 15 is 0 Å². The van der Waals surface area contributed by atoms with E-state index in [0.29, 0.717) is 29.8 Å². The van der Waals surface area contributed by atoms with E-state index in [4.69, 9.17) is 16.3 Å². The fourth-order valence-corrected chi connectivity index (χ4v) is 3.48. The van der Waals surface area contributed by atoms with Gasteiger partial charge < -0.3 is 14.6 Å². The number of hydrogen-bond donors (Lipinski definition) is 1. The molecule has 2 heterocycles. The van der Waals surface area contributed by atoms with Crippen molar-refractivity contribution in [3.8, 4) is 5.75 Å². The Morgan fingerprint density at radius 3 is 2.85 bits per heavy atom. The summed E-state index contributed by atoms with van der Waals surface area (Å²) in [6.45, 7) is 0.752. The predicted molar refractivity (Wildman–Crippen MR) is 97.4 cm³/mol. The number of rotatable bonds is 4. The molecule has 0 atom stereocenters. The standard InChI is InChI=1S/C19H20ClFN2O3/c1-26-16-10-17(24)23-8-4-2-3-5-15(23)18(16)19(25)22-11-12-6-7-13(21)9-14(12)20/h6-7,9-10H,2-5,8,11H2,1H3,(H,22,25). The van der Waals surface area contributed by atoms with Gasteiger partial charge in [0.25, 0.3) is 11.5 Å². The largest absolute Gasteiger partial charge is 0.496 e. The Labute approximate surface area is 155 Å². The third-order valence-electron chi connectivity index (χ3n) is 4.58. The number of pyridine rings is 1. The second-order valence-corrected chi connectivity index (χ2v) is 6.66. The van der Waals surface area contributed by atoms with Crippen molar-refractivity contribution in [1.82, 2.24) is 9.88 Å². The van der Waals surface area contributed by atoms with Crippen LogP contribution >= 0.6 is 11.6 Å². The smallest absolute Gasteiger partial charge is 0.257 e. The molecule has 0 spiro atoms. The number of carbonyl (C=O) groups is 1.